The maximum absolute atomic E-state index is 12.9. The molecule has 0 saturated heterocycles. The van der Waals surface area contributed by atoms with Crippen molar-refractivity contribution in [3.8, 4) is 17.1 Å². The number of H-pyrrole nitrogens is 1. The Morgan fingerprint density at radius 3 is 2.48 bits per heavy atom. The van der Waals surface area contributed by atoms with Crippen molar-refractivity contribution in [1.82, 2.24) is 15.0 Å². The summed E-state index contributed by atoms with van der Waals surface area (Å²) in [6.45, 7) is 1.63. The van der Waals surface area contributed by atoms with Gasteiger partial charge >= 0.3 is 5.56 Å². The molecule has 0 atom stereocenters. The van der Waals surface area contributed by atoms with Gasteiger partial charge in [-0.1, -0.05) is 18.2 Å². The van der Waals surface area contributed by atoms with Gasteiger partial charge in [-0.2, -0.15) is 4.98 Å². The summed E-state index contributed by atoms with van der Waals surface area (Å²) < 4.78 is 12.9. The lowest BCUT2D eigenvalue weighted by Crippen LogP contribution is -2.10. The second kappa shape index (κ2) is 6.00. The number of aryl methyl sites for hydroxylation is 1. The summed E-state index contributed by atoms with van der Waals surface area (Å²) in [6, 6.07) is 9.83. The van der Waals surface area contributed by atoms with Crippen LogP contribution < -0.4 is 5.56 Å². The van der Waals surface area contributed by atoms with Gasteiger partial charge in [-0.05, 0) is 42.7 Å². The molecule has 23 heavy (non-hydrogen) atoms. The Balaban J connectivity index is 1.88. The van der Waals surface area contributed by atoms with Crippen LogP contribution in [0.5, 0.6) is 5.75 Å². The summed E-state index contributed by atoms with van der Waals surface area (Å²) in [4.78, 5) is 22.3. The van der Waals surface area contributed by atoms with Crippen LogP contribution in [0.2, 0.25) is 0 Å². The molecule has 5 nitrogen and oxygen atoms in total. The molecule has 0 fully saturated rings. The van der Waals surface area contributed by atoms with Crippen molar-refractivity contribution < 1.29 is 9.50 Å². The van der Waals surface area contributed by atoms with E-state index >= 15 is 0 Å². The highest BCUT2D eigenvalue weighted by molar-refractivity contribution is 5.61. The minimum absolute atomic E-state index is 0.246. The minimum atomic E-state index is -0.687. The zero-order valence-corrected chi connectivity index (χ0v) is 12.4. The molecule has 0 aliphatic heterocycles. The third kappa shape index (κ3) is 3.26. The predicted molar refractivity (Wildman–Crippen MR) is 83.7 cm³/mol. The number of nitrogens with zero attached hydrogens (tertiary/aromatic N) is 2. The van der Waals surface area contributed by atoms with Gasteiger partial charge in [0.2, 0.25) is 5.75 Å². The Bertz CT molecular complexity index is 887. The van der Waals surface area contributed by atoms with Crippen molar-refractivity contribution in [3.63, 3.8) is 0 Å². The lowest BCUT2D eigenvalue weighted by molar-refractivity contribution is 0.464. The molecule has 0 amide bonds. The van der Waals surface area contributed by atoms with E-state index in [2.05, 4.69) is 15.0 Å². The Labute approximate surface area is 131 Å². The van der Waals surface area contributed by atoms with Gasteiger partial charge < -0.3 is 10.1 Å². The molecular formula is C17H14FN3O2. The van der Waals surface area contributed by atoms with Crippen molar-refractivity contribution in [3.05, 3.63) is 75.7 Å². The van der Waals surface area contributed by atoms with Gasteiger partial charge in [-0.15, -0.1) is 0 Å². The third-order valence-corrected chi connectivity index (χ3v) is 3.42. The van der Waals surface area contributed by atoms with E-state index in [4.69, 9.17) is 0 Å². The van der Waals surface area contributed by atoms with Gasteiger partial charge in [-0.25, -0.2) is 4.39 Å². The van der Waals surface area contributed by atoms with E-state index in [9.17, 15) is 14.3 Å². The highest BCUT2D eigenvalue weighted by atomic mass is 19.1. The smallest absolute Gasteiger partial charge is 0.315 e. The van der Waals surface area contributed by atoms with Crippen LogP contribution in [0, 0.1) is 12.7 Å². The van der Waals surface area contributed by atoms with E-state index in [-0.39, 0.29) is 11.5 Å². The Morgan fingerprint density at radius 2 is 1.83 bits per heavy atom. The first-order chi connectivity index (χ1) is 11.0. The molecule has 6 heteroatoms. The molecule has 0 unspecified atom stereocenters. The lowest BCUT2D eigenvalue weighted by Gasteiger charge is -2.06. The molecule has 0 saturated carbocycles. The SMILES string of the molecule is Cc1nc(=O)c(O)c(-c2ccc(Cc3ccc(F)cc3)cn2)[nH]1. The number of hydrogen-bond acceptors (Lipinski definition) is 4. The molecule has 0 aliphatic rings. The molecule has 2 heterocycles. The molecule has 0 radical (unpaired) electrons. The van der Waals surface area contributed by atoms with Gasteiger partial charge in [0.05, 0.1) is 5.69 Å². The zero-order valence-electron chi connectivity index (χ0n) is 12.4. The number of pyridine rings is 1. The van der Waals surface area contributed by atoms with Gasteiger partial charge in [0.25, 0.3) is 0 Å². The van der Waals surface area contributed by atoms with E-state index in [1.54, 1.807) is 31.3 Å². The summed E-state index contributed by atoms with van der Waals surface area (Å²) >= 11 is 0. The monoisotopic (exact) mass is 311 g/mol. The summed E-state index contributed by atoms with van der Waals surface area (Å²) in [7, 11) is 0. The highest BCUT2D eigenvalue weighted by Crippen LogP contribution is 2.22. The number of benzene rings is 1. The molecular weight excluding hydrogens is 297 g/mol. The fourth-order valence-corrected chi connectivity index (χ4v) is 2.28. The Kier molecular flexibility index (Phi) is 3.89. The Hall–Kier alpha value is -3.02. The topological polar surface area (TPSA) is 78.9 Å². The largest absolute Gasteiger partial charge is 0.501 e. The van der Waals surface area contributed by atoms with Crippen LogP contribution >= 0.6 is 0 Å². The molecule has 3 aromatic rings. The summed E-state index contributed by atoms with van der Waals surface area (Å²) in [5.74, 6) is -0.316. The summed E-state index contributed by atoms with van der Waals surface area (Å²) in [6.07, 6.45) is 2.28. The van der Waals surface area contributed by atoms with E-state index in [0.717, 1.165) is 11.1 Å². The van der Waals surface area contributed by atoms with Crippen LogP contribution in [-0.2, 0) is 6.42 Å². The highest BCUT2D eigenvalue weighted by Gasteiger charge is 2.11. The standard InChI is InChI=1S/C17H14FN3O2/c1-10-20-15(16(22)17(23)21-10)14-7-4-12(9-19-14)8-11-2-5-13(18)6-3-11/h2-7,9,22H,8H2,1H3,(H,20,21,23). The molecule has 0 aliphatic carbocycles. The minimum Gasteiger partial charge on any atom is -0.501 e. The van der Waals surface area contributed by atoms with Crippen LogP contribution in [0.1, 0.15) is 17.0 Å². The van der Waals surface area contributed by atoms with E-state index in [1.807, 2.05) is 6.07 Å². The van der Waals surface area contributed by atoms with Crippen LogP contribution in [0.4, 0.5) is 4.39 Å². The van der Waals surface area contributed by atoms with Crippen LogP contribution in [-0.4, -0.2) is 20.1 Å². The molecule has 0 bridgehead atoms. The van der Waals surface area contributed by atoms with Gasteiger partial charge in [0, 0.05) is 6.20 Å². The maximum Gasteiger partial charge on any atom is 0.315 e. The molecule has 1 aromatic carbocycles. The maximum atomic E-state index is 12.9. The van der Waals surface area contributed by atoms with Crippen LogP contribution in [0.15, 0.2) is 47.4 Å². The molecule has 116 valence electrons. The molecule has 3 rings (SSSR count). The van der Waals surface area contributed by atoms with Crippen LogP contribution in [0.25, 0.3) is 11.4 Å². The van der Waals surface area contributed by atoms with E-state index < -0.39 is 11.3 Å². The van der Waals surface area contributed by atoms with E-state index in [0.29, 0.717) is 17.9 Å². The van der Waals surface area contributed by atoms with Gasteiger partial charge in [-0.3, -0.25) is 9.78 Å². The Morgan fingerprint density at radius 1 is 1.13 bits per heavy atom. The first-order valence-corrected chi connectivity index (χ1v) is 7.02. The average molecular weight is 311 g/mol. The van der Waals surface area contributed by atoms with E-state index in [1.165, 1.54) is 12.1 Å². The fraction of sp³-hybridized carbons (Fsp3) is 0.118. The number of rotatable bonds is 3. The third-order valence-electron chi connectivity index (χ3n) is 3.42. The van der Waals surface area contributed by atoms with Crippen molar-refractivity contribution in [2.45, 2.75) is 13.3 Å². The predicted octanol–water partition coefficient (Wildman–Crippen LogP) is 2.58. The van der Waals surface area contributed by atoms with Crippen molar-refractivity contribution in [1.29, 1.82) is 0 Å². The number of nitrogens with one attached hydrogen (secondary N) is 1. The second-order valence-electron chi connectivity index (χ2n) is 5.21. The fourth-order valence-electron chi connectivity index (χ4n) is 2.28. The van der Waals surface area contributed by atoms with Gasteiger partial charge in [0.15, 0.2) is 0 Å². The van der Waals surface area contributed by atoms with Crippen molar-refractivity contribution >= 4 is 0 Å². The number of hydrogen-bond donors (Lipinski definition) is 2. The number of aromatic amines is 1. The normalized spacial score (nSPS) is 10.7. The quantitative estimate of drug-likeness (QED) is 0.779. The molecule has 2 N–H and O–H groups in total. The first-order valence-electron chi connectivity index (χ1n) is 7.02. The number of halogens is 1. The van der Waals surface area contributed by atoms with Crippen molar-refractivity contribution in [2.24, 2.45) is 0 Å². The first kappa shape index (κ1) is 14.9. The second-order valence-corrected chi connectivity index (χ2v) is 5.21. The lowest BCUT2D eigenvalue weighted by atomic mass is 10.1. The number of aromatic hydroxyl groups is 1. The summed E-state index contributed by atoms with van der Waals surface area (Å²) in [5, 5.41) is 9.82. The van der Waals surface area contributed by atoms with Crippen LogP contribution in [0.3, 0.4) is 0 Å². The average Bonchev–Trinajstić information content (AvgIpc) is 2.54. The van der Waals surface area contributed by atoms with Gasteiger partial charge in [0.1, 0.15) is 17.3 Å². The summed E-state index contributed by atoms with van der Waals surface area (Å²) in [5.41, 5.74) is 1.92. The number of aromatic nitrogens is 3. The molecule has 2 aromatic heterocycles. The van der Waals surface area contributed by atoms with Crippen molar-refractivity contribution in [2.75, 3.05) is 0 Å². The zero-order chi connectivity index (χ0) is 16.4. The molecule has 0 spiro atoms.